The molecular weight excluding hydrogens is 442 g/mol. The van der Waals surface area contributed by atoms with Crippen molar-refractivity contribution >= 4 is 29.1 Å². The van der Waals surface area contributed by atoms with Gasteiger partial charge in [0.2, 0.25) is 0 Å². The maximum atomic E-state index is 12.0. The molecule has 0 N–H and O–H groups in total. The van der Waals surface area contributed by atoms with E-state index in [9.17, 15) is 4.79 Å². The molecule has 0 aliphatic carbocycles. The number of rotatable bonds is 8. The lowest BCUT2D eigenvalue weighted by Crippen LogP contribution is -2.07. The fourth-order valence-electron chi connectivity index (χ4n) is 2.92. The van der Waals surface area contributed by atoms with Crippen LogP contribution in [-0.2, 0) is 16.1 Å². The van der Waals surface area contributed by atoms with Gasteiger partial charge < -0.3 is 9.47 Å². The Morgan fingerprint density at radius 1 is 1.00 bits per heavy atom. The van der Waals surface area contributed by atoms with E-state index in [4.69, 9.17) is 9.47 Å². The molecule has 0 aliphatic heterocycles. The molecule has 0 aliphatic rings. The highest BCUT2D eigenvalue weighted by atomic mass is 32.2. The maximum absolute atomic E-state index is 12.0. The minimum Gasteiger partial charge on any atom is -0.497 e. The second-order valence-electron chi connectivity index (χ2n) is 6.85. The quantitative estimate of drug-likeness (QED) is 0.255. The van der Waals surface area contributed by atoms with Crippen LogP contribution in [0.2, 0.25) is 0 Å². The summed E-state index contributed by atoms with van der Waals surface area (Å²) >= 11 is 2.88. The molecule has 0 saturated carbocycles. The number of thiazole rings is 1. The van der Waals surface area contributed by atoms with Gasteiger partial charge in [0.15, 0.2) is 0 Å². The van der Waals surface area contributed by atoms with Crippen LogP contribution in [0.5, 0.6) is 5.75 Å². The number of nitrogens with zero attached hydrogens (tertiary/aromatic N) is 3. The van der Waals surface area contributed by atoms with Crippen LogP contribution < -0.4 is 4.74 Å². The molecule has 4 rings (SSSR count). The second-order valence-corrected chi connectivity index (χ2v) is 8.85. The second kappa shape index (κ2) is 10.4. The third kappa shape index (κ3) is 5.52. The number of hydrogen-bond acceptors (Lipinski definition) is 8. The van der Waals surface area contributed by atoms with Crippen LogP contribution in [-0.4, -0.2) is 34.0 Å². The number of carbonyl (C=O) groups excluding carboxylic acids is 1. The summed E-state index contributed by atoms with van der Waals surface area (Å²) in [4.78, 5) is 17.7. The molecule has 0 fully saturated rings. The molecule has 0 radical (unpaired) electrons. The molecule has 0 atom stereocenters. The van der Waals surface area contributed by atoms with Crippen LogP contribution in [0.25, 0.3) is 21.1 Å². The van der Waals surface area contributed by atoms with Gasteiger partial charge in [0.1, 0.15) is 28.1 Å². The van der Waals surface area contributed by atoms with Crippen molar-refractivity contribution in [2.45, 2.75) is 18.6 Å². The van der Waals surface area contributed by atoms with Gasteiger partial charge in [-0.15, -0.1) is 21.5 Å². The Morgan fingerprint density at radius 2 is 1.78 bits per heavy atom. The molecule has 0 saturated heterocycles. The molecule has 2 heterocycles. The van der Waals surface area contributed by atoms with Crippen molar-refractivity contribution in [1.29, 1.82) is 0 Å². The third-order valence-electron chi connectivity index (χ3n) is 4.59. The summed E-state index contributed by atoms with van der Waals surface area (Å²) in [5, 5.41) is 10.2. The van der Waals surface area contributed by atoms with Crippen LogP contribution in [0.15, 0.2) is 71.8 Å². The van der Waals surface area contributed by atoms with Crippen molar-refractivity contribution in [1.82, 2.24) is 15.2 Å². The number of aromatic nitrogens is 3. The zero-order chi connectivity index (χ0) is 22.3. The Bertz CT molecular complexity index is 1180. The minimum absolute atomic E-state index is 0.183. The lowest BCUT2D eigenvalue weighted by Gasteiger charge is -2.04. The number of methoxy groups -OCH3 is 1. The van der Waals surface area contributed by atoms with Crippen molar-refractivity contribution in [3.05, 3.63) is 78.0 Å². The number of thioether (sulfide) groups is 1. The van der Waals surface area contributed by atoms with Crippen molar-refractivity contribution in [2.24, 2.45) is 0 Å². The van der Waals surface area contributed by atoms with Gasteiger partial charge in [-0.3, -0.25) is 4.79 Å². The Hall–Kier alpha value is -3.23. The SMILES string of the molecule is COc1ccc(-c2nc(C)c(-c3ccc(SCC(=O)OCc4ccccc4)nn3)s2)cc1. The fraction of sp³-hybridized carbons (Fsp3) is 0.167. The summed E-state index contributed by atoms with van der Waals surface area (Å²) in [5.74, 6) is 0.708. The Balaban J connectivity index is 1.36. The van der Waals surface area contributed by atoms with E-state index in [1.54, 1.807) is 18.4 Å². The first-order valence-corrected chi connectivity index (χ1v) is 11.7. The predicted octanol–water partition coefficient (Wildman–Crippen LogP) is 5.42. The summed E-state index contributed by atoms with van der Waals surface area (Å²) in [5.41, 5.74) is 3.65. The van der Waals surface area contributed by atoms with Crippen LogP contribution >= 0.6 is 23.1 Å². The molecule has 2 aromatic carbocycles. The number of hydrogen-bond donors (Lipinski definition) is 0. The molecule has 0 bridgehead atoms. The molecule has 0 unspecified atom stereocenters. The molecule has 32 heavy (non-hydrogen) atoms. The van der Waals surface area contributed by atoms with Gasteiger partial charge in [-0.2, -0.15) is 0 Å². The van der Waals surface area contributed by atoms with E-state index >= 15 is 0 Å². The van der Waals surface area contributed by atoms with Gasteiger partial charge >= 0.3 is 5.97 Å². The Kier molecular flexibility index (Phi) is 7.14. The highest BCUT2D eigenvalue weighted by Crippen LogP contribution is 2.35. The fourth-order valence-corrected chi connectivity index (χ4v) is 4.57. The normalized spacial score (nSPS) is 10.7. The number of carbonyl (C=O) groups is 1. The van der Waals surface area contributed by atoms with E-state index in [-0.39, 0.29) is 18.3 Å². The molecule has 8 heteroatoms. The van der Waals surface area contributed by atoms with Gasteiger partial charge in [0.25, 0.3) is 0 Å². The maximum Gasteiger partial charge on any atom is 0.316 e. The van der Waals surface area contributed by atoms with Crippen molar-refractivity contribution in [3.63, 3.8) is 0 Å². The molecule has 6 nitrogen and oxygen atoms in total. The average Bonchev–Trinajstić information content (AvgIpc) is 3.24. The van der Waals surface area contributed by atoms with E-state index in [0.29, 0.717) is 5.03 Å². The van der Waals surface area contributed by atoms with E-state index in [1.807, 2.05) is 73.7 Å². The number of aryl methyl sites for hydroxylation is 1. The standard InChI is InChI=1S/C24H21N3O3S2/c1-16-23(32-24(25-16)18-8-10-19(29-2)11-9-18)20-12-13-21(27-26-20)31-15-22(28)30-14-17-6-4-3-5-7-17/h3-13H,14-15H2,1-2H3. The van der Waals surface area contributed by atoms with E-state index in [2.05, 4.69) is 15.2 Å². The van der Waals surface area contributed by atoms with Gasteiger partial charge in [-0.05, 0) is 48.9 Å². The Labute approximate surface area is 194 Å². The van der Waals surface area contributed by atoms with Crippen molar-refractivity contribution in [3.8, 4) is 26.9 Å². The predicted molar refractivity (Wildman–Crippen MR) is 127 cm³/mol. The lowest BCUT2D eigenvalue weighted by molar-refractivity contribution is -0.141. The highest BCUT2D eigenvalue weighted by Gasteiger charge is 2.14. The van der Waals surface area contributed by atoms with E-state index < -0.39 is 0 Å². The van der Waals surface area contributed by atoms with E-state index in [1.165, 1.54) is 11.8 Å². The monoisotopic (exact) mass is 463 g/mol. The van der Waals surface area contributed by atoms with E-state index in [0.717, 1.165) is 38.1 Å². The summed E-state index contributed by atoms with van der Waals surface area (Å²) < 4.78 is 10.5. The summed E-state index contributed by atoms with van der Waals surface area (Å²) in [7, 11) is 1.65. The highest BCUT2D eigenvalue weighted by molar-refractivity contribution is 7.99. The van der Waals surface area contributed by atoms with Gasteiger partial charge in [-0.25, -0.2) is 4.98 Å². The molecule has 162 valence electrons. The Morgan fingerprint density at radius 3 is 2.47 bits per heavy atom. The summed E-state index contributed by atoms with van der Waals surface area (Å²) in [6, 6.07) is 21.2. The summed E-state index contributed by atoms with van der Waals surface area (Å²) in [6.45, 7) is 2.23. The minimum atomic E-state index is -0.285. The molecule has 2 aromatic heterocycles. The first kappa shape index (κ1) is 22.0. The number of benzene rings is 2. The van der Waals surface area contributed by atoms with Crippen molar-refractivity contribution in [2.75, 3.05) is 12.9 Å². The smallest absolute Gasteiger partial charge is 0.316 e. The van der Waals surface area contributed by atoms with Crippen LogP contribution in [0.1, 0.15) is 11.3 Å². The average molecular weight is 464 g/mol. The van der Waals surface area contributed by atoms with Crippen LogP contribution in [0, 0.1) is 6.92 Å². The molecule has 0 amide bonds. The van der Waals surface area contributed by atoms with Crippen molar-refractivity contribution < 1.29 is 14.3 Å². The summed E-state index contributed by atoms with van der Waals surface area (Å²) in [6.07, 6.45) is 0. The first-order chi connectivity index (χ1) is 15.6. The zero-order valence-electron chi connectivity index (χ0n) is 17.6. The largest absolute Gasteiger partial charge is 0.497 e. The van der Waals surface area contributed by atoms with Crippen LogP contribution in [0.3, 0.4) is 0 Å². The zero-order valence-corrected chi connectivity index (χ0v) is 19.3. The van der Waals surface area contributed by atoms with Gasteiger partial charge in [-0.1, -0.05) is 42.1 Å². The van der Waals surface area contributed by atoms with Gasteiger partial charge in [0, 0.05) is 5.56 Å². The van der Waals surface area contributed by atoms with Crippen LogP contribution in [0.4, 0.5) is 0 Å². The topological polar surface area (TPSA) is 74.2 Å². The lowest BCUT2D eigenvalue weighted by atomic mass is 10.2. The molecular formula is C24H21N3O3S2. The molecule has 4 aromatic rings. The first-order valence-electron chi connectivity index (χ1n) is 9.90. The molecule has 0 spiro atoms. The van der Waals surface area contributed by atoms with Gasteiger partial charge in [0.05, 0.1) is 23.4 Å². The number of esters is 1. The third-order valence-corrected chi connectivity index (χ3v) is 6.71. The number of ether oxygens (including phenoxy) is 2.